The standard InChI is InChI=1S/C18H36N2/c1-16-8-10-17(11-9-16)20(3)15-18(14-19-2)12-6-4-5-7-13-18/h16-17,19H,4-15H2,1-3H3. The molecule has 2 aliphatic carbocycles. The molecule has 0 radical (unpaired) electrons. The number of nitrogens with one attached hydrogen (secondary N) is 1. The minimum atomic E-state index is 0.545. The molecule has 0 spiro atoms. The molecule has 0 heterocycles. The predicted molar refractivity (Wildman–Crippen MR) is 88.1 cm³/mol. The lowest BCUT2D eigenvalue weighted by Gasteiger charge is -2.41. The predicted octanol–water partition coefficient (Wildman–Crippen LogP) is 4.06. The van der Waals surface area contributed by atoms with Crippen molar-refractivity contribution in [3.8, 4) is 0 Å². The van der Waals surface area contributed by atoms with E-state index in [4.69, 9.17) is 0 Å². The Morgan fingerprint density at radius 2 is 1.60 bits per heavy atom. The Balaban J connectivity index is 1.92. The summed E-state index contributed by atoms with van der Waals surface area (Å²) < 4.78 is 0. The second kappa shape index (κ2) is 7.79. The van der Waals surface area contributed by atoms with Crippen LogP contribution in [0.25, 0.3) is 0 Å². The minimum Gasteiger partial charge on any atom is -0.319 e. The summed E-state index contributed by atoms with van der Waals surface area (Å²) in [5, 5.41) is 3.49. The molecule has 2 nitrogen and oxygen atoms in total. The first kappa shape index (κ1) is 16.3. The molecule has 0 unspecified atom stereocenters. The second-order valence-corrected chi connectivity index (χ2v) is 7.77. The fraction of sp³-hybridized carbons (Fsp3) is 1.00. The third kappa shape index (κ3) is 4.46. The molecule has 0 aliphatic heterocycles. The van der Waals surface area contributed by atoms with E-state index in [1.54, 1.807) is 0 Å². The summed E-state index contributed by atoms with van der Waals surface area (Å²) in [6.07, 6.45) is 14.4. The molecule has 2 fully saturated rings. The maximum Gasteiger partial charge on any atom is 0.00926 e. The third-order valence-corrected chi connectivity index (χ3v) is 5.91. The lowest BCUT2D eigenvalue weighted by Crippen LogP contribution is -2.46. The first-order valence-electron chi connectivity index (χ1n) is 9.00. The van der Waals surface area contributed by atoms with Crippen molar-refractivity contribution in [1.29, 1.82) is 0 Å². The van der Waals surface area contributed by atoms with Crippen LogP contribution in [0, 0.1) is 11.3 Å². The highest BCUT2D eigenvalue weighted by Crippen LogP contribution is 2.37. The van der Waals surface area contributed by atoms with E-state index in [1.165, 1.54) is 77.3 Å². The molecule has 2 aliphatic rings. The van der Waals surface area contributed by atoms with Crippen molar-refractivity contribution in [2.75, 3.05) is 27.2 Å². The van der Waals surface area contributed by atoms with E-state index in [2.05, 4.69) is 31.2 Å². The van der Waals surface area contributed by atoms with Crippen LogP contribution in [0.2, 0.25) is 0 Å². The van der Waals surface area contributed by atoms with Crippen LogP contribution in [0.15, 0.2) is 0 Å². The lowest BCUT2D eigenvalue weighted by atomic mass is 9.78. The minimum absolute atomic E-state index is 0.545. The maximum absolute atomic E-state index is 3.49. The topological polar surface area (TPSA) is 15.3 Å². The Labute approximate surface area is 126 Å². The van der Waals surface area contributed by atoms with Gasteiger partial charge in [0.05, 0.1) is 0 Å². The lowest BCUT2D eigenvalue weighted by molar-refractivity contribution is 0.0917. The zero-order valence-electron chi connectivity index (χ0n) is 14.1. The second-order valence-electron chi connectivity index (χ2n) is 7.77. The van der Waals surface area contributed by atoms with E-state index in [-0.39, 0.29) is 0 Å². The van der Waals surface area contributed by atoms with Gasteiger partial charge in [-0.2, -0.15) is 0 Å². The average molecular weight is 280 g/mol. The molecule has 0 aromatic rings. The van der Waals surface area contributed by atoms with Gasteiger partial charge < -0.3 is 10.2 Å². The van der Waals surface area contributed by atoms with Crippen molar-refractivity contribution in [3.05, 3.63) is 0 Å². The molecule has 0 amide bonds. The van der Waals surface area contributed by atoms with Crippen LogP contribution in [0.5, 0.6) is 0 Å². The quantitative estimate of drug-likeness (QED) is 0.764. The molecule has 0 aromatic carbocycles. The number of hydrogen-bond acceptors (Lipinski definition) is 2. The summed E-state index contributed by atoms with van der Waals surface area (Å²) in [5.74, 6) is 0.962. The Morgan fingerprint density at radius 1 is 1.00 bits per heavy atom. The van der Waals surface area contributed by atoms with Gasteiger partial charge in [0.25, 0.3) is 0 Å². The van der Waals surface area contributed by atoms with E-state index in [1.807, 2.05) is 0 Å². The largest absolute Gasteiger partial charge is 0.319 e. The van der Waals surface area contributed by atoms with Crippen LogP contribution in [-0.2, 0) is 0 Å². The van der Waals surface area contributed by atoms with E-state index >= 15 is 0 Å². The van der Waals surface area contributed by atoms with Gasteiger partial charge in [-0.1, -0.05) is 32.6 Å². The monoisotopic (exact) mass is 280 g/mol. The van der Waals surface area contributed by atoms with Crippen molar-refractivity contribution in [2.24, 2.45) is 11.3 Å². The fourth-order valence-corrected chi connectivity index (χ4v) is 4.59. The van der Waals surface area contributed by atoms with E-state index in [0.29, 0.717) is 5.41 Å². The van der Waals surface area contributed by atoms with Gasteiger partial charge in [-0.05, 0) is 64.0 Å². The summed E-state index contributed by atoms with van der Waals surface area (Å²) in [6, 6.07) is 0.850. The summed E-state index contributed by atoms with van der Waals surface area (Å²) in [5.41, 5.74) is 0.545. The molecule has 0 aromatic heterocycles. The fourth-order valence-electron chi connectivity index (χ4n) is 4.59. The molecule has 0 saturated heterocycles. The van der Waals surface area contributed by atoms with Crippen molar-refractivity contribution < 1.29 is 0 Å². The van der Waals surface area contributed by atoms with E-state index in [0.717, 1.165) is 12.0 Å². The normalized spacial score (nSPS) is 31.2. The third-order valence-electron chi connectivity index (χ3n) is 5.91. The highest BCUT2D eigenvalue weighted by Gasteiger charge is 2.33. The molecule has 2 heteroatoms. The Kier molecular flexibility index (Phi) is 6.35. The van der Waals surface area contributed by atoms with Gasteiger partial charge in [-0.15, -0.1) is 0 Å². The molecule has 20 heavy (non-hydrogen) atoms. The molecular weight excluding hydrogens is 244 g/mol. The molecule has 0 bridgehead atoms. The van der Waals surface area contributed by atoms with Gasteiger partial charge in [0.15, 0.2) is 0 Å². The van der Waals surface area contributed by atoms with Crippen molar-refractivity contribution in [3.63, 3.8) is 0 Å². The number of nitrogens with zero attached hydrogens (tertiary/aromatic N) is 1. The van der Waals surface area contributed by atoms with Gasteiger partial charge >= 0.3 is 0 Å². The van der Waals surface area contributed by atoms with E-state index < -0.39 is 0 Å². The smallest absolute Gasteiger partial charge is 0.00926 e. The number of rotatable bonds is 5. The molecule has 118 valence electrons. The van der Waals surface area contributed by atoms with Gasteiger partial charge in [-0.3, -0.25) is 0 Å². The van der Waals surface area contributed by atoms with E-state index in [9.17, 15) is 0 Å². The number of hydrogen-bond donors (Lipinski definition) is 1. The zero-order chi connectivity index (χ0) is 14.4. The summed E-state index contributed by atoms with van der Waals surface area (Å²) in [7, 11) is 4.53. The summed E-state index contributed by atoms with van der Waals surface area (Å²) in [4.78, 5) is 2.72. The highest BCUT2D eigenvalue weighted by molar-refractivity contribution is 4.88. The van der Waals surface area contributed by atoms with Gasteiger partial charge in [0.1, 0.15) is 0 Å². The Morgan fingerprint density at radius 3 is 2.15 bits per heavy atom. The molecule has 0 atom stereocenters. The van der Waals surface area contributed by atoms with Crippen LogP contribution < -0.4 is 5.32 Å². The molecular formula is C18H36N2. The van der Waals surface area contributed by atoms with Crippen LogP contribution in [0.4, 0.5) is 0 Å². The van der Waals surface area contributed by atoms with Crippen molar-refractivity contribution in [2.45, 2.75) is 77.2 Å². The Bertz CT molecular complexity index is 261. The Hall–Kier alpha value is -0.0800. The molecule has 2 rings (SSSR count). The zero-order valence-corrected chi connectivity index (χ0v) is 14.1. The first-order valence-corrected chi connectivity index (χ1v) is 9.00. The molecule has 1 N–H and O–H groups in total. The summed E-state index contributed by atoms with van der Waals surface area (Å²) in [6.45, 7) is 4.94. The first-order chi connectivity index (χ1) is 9.65. The van der Waals surface area contributed by atoms with Gasteiger partial charge in [0, 0.05) is 19.1 Å². The van der Waals surface area contributed by atoms with Crippen LogP contribution in [-0.4, -0.2) is 38.1 Å². The van der Waals surface area contributed by atoms with Crippen LogP contribution >= 0.6 is 0 Å². The van der Waals surface area contributed by atoms with Gasteiger partial charge in [-0.25, -0.2) is 0 Å². The average Bonchev–Trinajstić information content (AvgIpc) is 2.66. The summed E-state index contributed by atoms with van der Waals surface area (Å²) >= 11 is 0. The van der Waals surface area contributed by atoms with Crippen LogP contribution in [0.1, 0.15) is 71.1 Å². The van der Waals surface area contributed by atoms with Gasteiger partial charge in [0.2, 0.25) is 0 Å². The highest BCUT2D eigenvalue weighted by atomic mass is 15.1. The van der Waals surface area contributed by atoms with Crippen LogP contribution in [0.3, 0.4) is 0 Å². The van der Waals surface area contributed by atoms with Crippen molar-refractivity contribution >= 4 is 0 Å². The maximum atomic E-state index is 3.49. The SMILES string of the molecule is CNCC1(CN(C)C2CCC(C)CC2)CCCCCC1. The van der Waals surface area contributed by atoms with Crippen molar-refractivity contribution in [1.82, 2.24) is 10.2 Å². The molecule has 2 saturated carbocycles.